The van der Waals surface area contributed by atoms with E-state index in [1.807, 2.05) is 0 Å². The molecule has 1 aliphatic rings. The Morgan fingerprint density at radius 3 is 2.94 bits per heavy atom. The molecule has 2 heterocycles. The smallest absolute Gasteiger partial charge is 0.407 e. The van der Waals surface area contributed by atoms with Crippen LogP contribution in [0.1, 0.15) is 5.69 Å². The number of carbonyl (C=O) groups is 1. The third kappa shape index (κ3) is 2.73. The topological polar surface area (TPSA) is 78.2 Å². The van der Waals surface area contributed by atoms with Crippen LogP contribution in [0, 0.1) is 17.1 Å². The van der Waals surface area contributed by atoms with Crippen LogP contribution in [0.2, 0.25) is 0 Å². The highest BCUT2D eigenvalue weighted by Crippen LogP contribution is 2.17. The first kappa shape index (κ1) is 12.3. The van der Waals surface area contributed by atoms with Crippen molar-refractivity contribution in [3.05, 3.63) is 23.8 Å². The average molecular weight is 250 g/mol. The molecule has 0 aliphatic carbocycles. The summed E-state index contributed by atoms with van der Waals surface area (Å²) in [6.45, 7) is 2.38. The Hall–Kier alpha value is -2.20. The summed E-state index contributed by atoms with van der Waals surface area (Å²) in [5.74, 6) is -1.04. The van der Waals surface area contributed by atoms with Crippen molar-refractivity contribution in [3.63, 3.8) is 0 Å². The van der Waals surface area contributed by atoms with E-state index in [1.165, 1.54) is 4.90 Å². The molecule has 0 unspecified atom stereocenters. The van der Waals surface area contributed by atoms with Crippen molar-refractivity contribution in [2.45, 2.75) is 0 Å². The Bertz CT molecular complexity index is 494. The molecule has 1 aromatic rings. The fourth-order valence-corrected chi connectivity index (χ4v) is 1.57. The maximum Gasteiger partial charge on any atom is 0.415 e. The first-order valence-corrected chi connectivity index (χ1v) is 5.44. The van der Waals surface area contributed by atoms with Crippen molar-refractivity contribution in [1.29, 1.82) is 5.26 Å². The molecular weight excluding hydrogens is 239 g/mol. The molecule has 0 aromatic carbocycles. The summed E-state index contributed by atoms with van der Waals surface area (Å²) in [6.07, 6.45) is 0.240. The molecule has 6 nitrogen and oxygen atoms in total. The number of amides is 1. The van der Waals surface area contributed by atoms with Gasteiger partial charge >= 0.3 is 6.09 Å². The summed E-state index contributed by atoms with van der Waals surface area (Å²) in [4.78, 5) is 16.7. The second kappa shape index (κ2) is 5.42. The van der Waals surface area contributed by atoms with Crippen molar-refractivity contribution in [1.82, 2.24) is 15.2 Å². The summed E-state index contributed by atoms with van der Waals surface area (Å²) >= 11 is 0. The lowest BCUT2D eigenvalue weighted by Crippen LogP contribution is -2.47. The van der Waals surface area contributed by atoms with Gasteiger partial charge < -0.3 is 15.0 Å². The van der Waals surface area contributed by atoms with Gasteiger partial charge in [-0.3, -0.25) is 0 Å². The lowest BCUT2D eigenvalue weighted by molar-refractivity contribution is 0.144. The second-order valence-corrected chi connectivity index (χ2v) is 3.72. The van der Waals surface area contributed by atoms with Gasteiger partial charge in [-0.1, -0.05) is 0 Å². The zero-order chi connectivity index (χ0) is 13.0. The predicted octanol–water partition coefficient (Wildman–Crippen LogP) is 0.496. The SMILES string of the molecule is N#Cc1cc(OC(=O)N2CCNCC2)c(F)cn1. The zero-order valence-corrected chi connectivity index (χ0v) is 9.52. The molecule has 1 amide bonds. The zero-order valence-electron chi connectivity index (χ0n) is 9.52. The Morgan fingerprint density at radius 2 is 2.28 bits per heavy atom. The molecule has 0 spiro atoms. The van der Waals surface area contributed by atoms with Gasteiger partial charge in [0.05, 0.1) is 6.20 Å². The second-order valence-electron chi connectivity index (χ2n) is 3.72. The van der Waals surface area contributed by atoms with E-state index in [-0.39, 0.29) is 11.4 Å². The van der Waals surface area contributed by atoms with Crippen LogP contribution < -0.4 is 10.1 Å². The predicted molar refractivity (Wildman–Crippen MR) is 59.4 cm³/mol. The quantitative estimate of drug-likeness (QED) is 0.785. The number of nitriles is 1. The van der Waals surface area contributed by atoms with Crippen LogP contribution in [0.5, 0.6) is 5.75 Å². The van der Waals surface area contributed by atoms with Gasteiger partial charge in [0.2, 0.25) is 0 Å². The van der Waals surface area contributed by atoms with E-state index in [0.717, 1.165) is 12.3 Å². The Kier molecular flexibility index (Phi) is 3.69. The van der Waals surface area contributed by atoms with Crippen LogP contribution in [0.15, 0.2) is 12.3 Å². The minimum Gasteiger partial charge on any atom is -0.407 e. The average Bonchev–Trinajstić information content (AvgIpc) is 2.42. The maximum atomic E-state index is 13.4. The summed E-state index contributed by atoms with van der Waals surface area (Å²) in [5, 5.41) is 11.7. The number of hydrogen-bond donors (Lipinski definition) is 1. The molecule has 0 atom stereocenters. The highest BCUT2D eigenvalue weighted by molar-refractivity contribution is 5.71. The Morgan fingerprint density at radius 1 is 1.56 bits per heavy atom. The van der Waals surface area contributed by atoms with Crippen LogP contribution >= 0.6 is 0 Å². The number of piperazine rings is 1. The lowest BCUT2D eigenvalue weighted by Gasteiger charge is -2.26. The first-order valence-electron chi connectivity index (χ1n) is 5.44. The van der Waals surface area contributed by atoms with Gasteiger partial charge in [-0.25, -0.2) is 14.2 Å². The summed E-state index contributed by atoms with van der Waals surface area (Å²) in [5.41, 5.74) is -0.000453. The van der Waals surface area contributed by atoms with E-state index in [4.69, 9.17) is 10.00 Å². The summed E-state index contributed by atoms with van der Waals surface area (Å²) in [6, 6.07) is 2.86. The lowest BCUT2D eigenvalue weighted by atomic mass is 10.3. The number of rotatable bonds is 1. The minimum atomic E-state index is -0.766. The molecule has 7 heteroatoms. The molecule has 0 bridgehead atoms. The van der Waals surface area contributed by atoms with Gasteiger partial charge in [0, 0.05) is 32.2 Å². The molecule has 1 N–H and O–H groups in total. The van der Waals surface area contributed by atoms with Crippen molar-refractivity contribution < 1.29 is 13.9 Å². The van der Waals surface area contributed by atoms with Crippen molar-refractivity contribution >= 4 is 6.09 Å². The van der Waals surface area contributed by atoms with Gasteiger partial charge in [0.25, 0.3) is 0 Å². The molecule has 0 saturated carbocycles. The summed E-state index contributed by atoms with van der Waals surface area (Å²) < 4.78 is 18.3. The highest BCUT2D eigenvalue weighted by Gasteiger charge is 2.19. The van der Waals surface area contributed by atoms with Crippen molar-refractivity contribution in [2.24, 2.45) is 0 Å². The minimum absolute atomic E-state index is 0.000453. The Balaban J connectivity index is 2.08. The van der Waals surface area contributed by atoms with E-state index in [1.54, 1.807) is 6.07 Å². The number of hydrogen-bond acceptors (Lipinski definition) is 5. The van der Waals surface area contributed by atoms with Gasteiger partial charge in [-0.15, -0.1) is 0 Å². The molecule has 1 saturated heterocycles. The van der Waals surface area contributed by atoms with Crippen molar-refractivity contribution in [3.8, 4) is 11.8 Å². The summed E-state index contributed by atoms with van der Waals surface area (Å²) in [7, 11) is 0. The molecule has 0 radical (unpaired) electrons. The third-order valence-corrected chi connectivity index (χ3v) is 2.51. The van der Waals surface area contributed by atoms with Crippen molar-refractivity contribution in [2.75, 3.05) is 26.2 Å². The molecule has 1 fully saturated rings. The number of ether oxygens (including phenoxy) is 1. The van der Waals surface area contributed by atoms with E-state index >= 15 is 0 Å². The van der Waals surface area contributed by atoms with E-state index in [9.17, 15) is 9.18 Å². The fourth-order valence-electron chi connectivity index (χ4n) is 1.57. The van der Waals surface area contributed by atoms with E-state index in [0.29, 0.717) is 26.2 Å². The number of aromatic nitrogens is 1. The van der Waals surface area contributed by atoms with Crippen LogP contribution in [-0.2, 0) is 0 Å². The number of pyridine rings is 1. The number of nitrogens with one attached hydrogen (secondary N) is 1. The monoisotopic (exact) mass is 250 g/mol. The normalized spacial score (nSPS) is 15.0. The third-order valence-electron chi connectivity index (χ3n) is 2.51. The largest absolute Gasteiger partial charge is 0.415 e. The Labute approximate surface area is 103 Å². The van der Waals surface area contributed by atoms with Crippen LogP contribution in [0.3, 0.4) is 0 Å². The number of halogens is 1. The van der Waals surface area contributed by atoms with E-state index in [2.05, 4.69) is 10.3 Å². The first-order chi connectivity index (χ1) is 8.70. The fraction of sp³-hybridized carbons (Fsp3) is 0.364. The molecule has 18 heavy (non-hydrogen) atoms. The molecular formula is C11H11FN4O2. The number of nitrogens with zero attached hydrogens (tertiary/aromatic N) is 3. The highest BCUT2D eigenvalue weighted by atomic mass is 19.1. The van der Waals surface area contributed by atoms with E-state index < -0.39 is 11.9 Å². The van der Waals surface area contributed by atoms with Gasteiger partial charge in [-0.05, 0) is 0 Å². The maximum absolute atomic E-state index is 13.4. The molecule has 94 valence electrons. The molecule has 1 aliphatic heterocycles. The van der Waals surface area contributed by atoms with Crippen LogP contribution in [-0.4, -0.2) is 42.2 Å². The van der Waals surface area contributed by atoms with Gasteiger partial charge in [0.15, 0.2) is 11.6 Å². The molecule has 1 aromatic heterocycles. The van der Waals surface area contributed by atoms with Gasteiger partial charge in [0.1, 0.15) is 11.8 Å². The standard InChI is InChI=1S/C11H11FN4O2/c12-9-7-15-8(6-13)5-10(9)18-11(17)16-3-1-14-2-4-16/h5,7,14H,1-4H2. The van der Waals surface area contributed by atoms with Gasteiger partial charge in [-0.2, -0.15) is 5.26 Å². The molecule has 2 rings (SSSR count). The van der Waals surface area contributed by atoms with Crippen LogP contribution in [0.4, 0.5) is 9.18 Å². The number of carbonyl (C=O) groups excluding carboxylic acids is 1. The van der Waals surface area contributed by atoms with Crippen LogP contribution in [0.25, 0.3) is 0 Å².